The first-order valence-electron chi connectivity index (χ1n) is 13.4. The topological polar surface area (TPSA) is 68.5 Å². The van der Waals surface area contributed by atoms with Crippen LogP contribution in [0.2, 0.25) is 0 Å². The van der Waals surface area contributed by atoms with Crippen LogP contribution in [0.4, 0.5) is 23.2 Å². The fourth-order valence-corrected chi connectivity index (χ4v) is 5.85. The number of carbonyl (C=O) groups is 1. The third kappa shape index (κ3) is 5.51. The van der Waals surface area contributed by atoms with Crippen molar-refractivity contribution in [3.63, 3.8) is 0 Å². The maximum atomic E-state index is 14.3. The van der Waals surface area contributed by atoms with E-state index in [-0.39, 0.29) is 30.9 Å². The SMILES string of the molecule is O=C(N(CCCCCc1nc(C2CC2)no1)c1cccc(-c2cccc(OC(F)(F)F)c2)c1)C12CC(F)(C1)C2. The average molecular weight is 544 g/mol. The van der Waals surface area contributed by atoms with Gasteiger partial charge in [0.15, 0.2) is 5.82 Å². The molecule has 1 aromatic heterocycles. The molecule has 6 nitrogen and oxygen atoms in total. The Bertz CT molecular complexity index is 1350. The number of rotatable bonds is 11. The van der Waals surface area contributed by atoms with Crippen molar-refractivity contribution in [3.05, 3.63) is 60.2 Å². The third-order valence-corrected chi connectivity index (χ3v) is 7.92. The number of amides is 1. The number of anilines is 1. The van der Waals surface area contributed by atoms with E-state index in [0.29, 0.717) is 41.6 Å². The number of unbranched alkanes of at least 4 members (excludes halogenated alkanes) is 2. The lowest BCUT2D eigenvalue weighted by Crippen LogP contribution is -2.70. The second-order valence-corrected chi connectivity index (χ2v) is 11.2. The van der Waals surface area contributed by atoms with Gasteiger partial charge in [0.25, 0.3) is 0 Å². The highest BCUT2D eigenvalue weighted by molar-refractivity contribution is 6.00. The number of aryl methyl sites for hydroxylation is 1. The molecule has 7 rings (SSSR count). The summed E-state index contributed by atoms with van der Waals surface area (Å²) in [5.41, 5.74) is -0.0207. The third-order valence-electron chi connectivity index (χ3n) is 7.92. The van der Waals surface area contributed by atoms with Gasteiger partial charge in [-0.05, 0) is 80.3 Å². The summed E-state index contributed by atoms with van der Waals surface area (Å²) in [7, 11) is 0. The predicted octanol–water partition coefficient (Wildman–Crippen LogP) is 7.15. The zero-order chi connectivity index (χ0) is 27.3. The molecule has 206 valence electrons. The molecule has 0 atom stereocenters. The quantitative estimate of drug-likeness (QED) is 0.190. The zero-order valence-corrected chi connectivity index (χ0v) is 21.3. The Balaban J connectivity index is 1.14. The summed E-state index contributed by atoms with van der Waals surface area (Å²) in [6.45, 7) is 0.456. The van der Waals surface area contributed by atoms with Crippen LogP contribution in [0.25, 0.3) is 11.1 Å². The molecule has 10 heteroatoms. The Labute approximate surface area is 223 Å². The van der Waals surface area contributed by atoms with E-state index in [2.05, 4.69) is 14.9 Å². The predicted molar refractivity (Wildman–Crippen MR) is 135 cm³/mol. The summed E-state index contributed by atoms with van der Waals surface area (Å²) in [5.74, 6) is 1.47. The number of ether oxygens (including phenoxy) is 1. The molecule has 0 aliphatic heterocycles. The first kappa shape index (κ1) is 25.8. The first-order chi connectivity index (χ1) is 18.6. The van der Waals surface area contributed by atoms with Gasteiger partial charge >= 0.3 is 6.36 Å². The first-order valence-corrected chi connectivity index (χ1v) is 13.4. The summed E-state index contributed by atoms with van der Waals surface area (Å²) >= 11 is 0. The van der Waals surface area contributed by atoms with Crippen LogP contribution in [0.5, 0.6) is 5.75 Å². The van der Waals surface area contributed by atoms with E-state index in [9.17, 15) is 22.4 Å². The highest BCUT2D eigenvalue weighted by Gasteiger charge is 2.73. The van der Waals surface area contributed by atoms with E-state index in [0.717, 1.165) is 37.9 Å². The molecule has 4 fully saturated rings. The summed E-state index contributed by atoms with van der Waals surface area (Å²) in [6, 6.07) is 12.9. The number of benzene rings is 2. The van der Waals surface area contributed by atoms with Gasteiger partial charge < -0.3 is 14.2 Å². The maximum Gasteiger partial charge on any atom is 0.573 e. The van der Waals surface area contributed by atoms with Crippen molar-refractivity contribution in [3.8, 4) is 16.9 Å². The van der Waals surface area contributed by atoms with Crippen molar-refractivity contribution in [1.82, 2.24) is 10.1 Å². The lowest BCUT2D eigenvalue weighted by Gasteiger charge is -2.65. The summed E-state index contributed by atoms with van der Waals surface area (Å²) in [5, 5.41) is 4.04. The van der Waals surface area contributed by atoms with E-state index in [1.54, 1.807) is 29.2 Å². The molecule has 4 aliphatic carbocycles. The number of aromatic nitrogens is 2. The molecule has 2 aromatic carbocycles. The van der Waals surface area contributed by atoms with E-state index in [4.69, 9.17) is 4.52 Å². The molecule has 2 bridgehead atoms. The lowest BCUT2D eigenvalue weighted by atomic mass is 9.42. The molecular formula is C29H29F4N3O3. The Morgan fingerprint density at radius 2 is 1.74 bits per heavy atom. The van der Waals surface area contributed by atoms with Crippen LogP contribution >= 0.6 is 0 Å². The fourth-order valence-electron chi connectivity index (χ4n) is 5.85. The molecular weight excluding hydrogens is 514 g/mol. The molecule has 1 amide bonds. The van der Waals surface area contributed by atoms with Gasteiger partial charge in [-0.1, -0.05) is 35.8 Å². The fraction of sp³-hybridized carbons (Fsp3) is 0.483. The molecule has 39 heavy (non-hydrogen) atoms. The van der Waals surface area contributed by atoms with E-state index in [1.807, 2.05) is 6.07 Å². The van der Waals surface area contributed by atoms with Crippen LogP contribution in [0.1, 0.15) is 69.0 Å². The van der Waals surface area contributed by atoms with Crippen LogP contribution in [-0.4, -0.2) is 34.6 Å². The van der Waals surface area contributed by atoms with Crippen LogP contribution in [0, 0.1) is 5.41 Å². The van der Waals surface area contributed by atoms with E-state index >= 15 is 0 Å². The van der Waals surface area contributed by atoms with Gasteiger partial charge in [0.1, 0.15) is 11.4 Å². The second kappa shape index (κ2) is 9.64. The number of carbonyl (C=O) groups excluding carboxylic acids is 1. The van der Waals surface area contributed by atoms with Crippen LogP contribution in [0.3, 0.4) is 0 Å². The van der Waals surface area contributed by atoms with Gasteiger partial charge in [0.2, 0.25) is 11.8 Å². The van der Waals surface area contributed by atoms with Crippen LogP contribution < -0.4 is 9.64 Å². The molecule has 4 saturated carbocycles. The summed E-state index contributed by atoms with van der Waals surface area (Å²) < 4.78 is 61.8. The van der Waals surface area contributed by atoms with E-state index in [1.165, 1.54) is 18.2 Å². The number of nitrogens with zero attached hydrogens (tertiary/aromatic N) is 3. The minimum atomic E-state index is -4.79. The average Bonchev–Trinajstić information content (AvgIpc) is 3.60. The van der Waals surface area contributed by atoms with Crippen molar-refractivity contribution in [1.29, 1.82) is 0 Å². The molecule has 0 unspecified atom stereocenters. The summed E-state index contributed by atoms with van der Waals surface area (Å²) in [4.78, 5) is 19.8. The number of halogens is 4. The van der Waals surface area contributed by atoms with Gasteiger partial charge in [-0.25, -0.2) is 4.39 Å². The Hall–Kier alpha value is -3.43. The van der Waals surface area contributed by atoms with Gasteiger partial charge in [-0.3, -0.25) is 4.79 Å². The largest absolute Gasteiger partial charge is 0.573 e. The van der Waals surface area contributed by atoms with Crippen molar-refractivity contribution in [2.24, 2.45) is 5.41 Å². The van der Waals surface area contributed by atoms with E-state index < -0.39 is 17.4 Å². The zero-order valence-electron chi connectivity index (χ0n) is 21.3. The molecule has 0 radical (unpaired) electrons. The number of hydrogen-bond donors (Lipinski definition) is 0. The molecule has 4 aliphatic rings. The monoisotopic (exact) mass is 543 g/mol. The molecule has 0 spiro atoms. The Morgan fingerprint density at radius 1 is 1.03 bits per heavy atom. The van der Waals surface area contributed by atoms with Gasteiger partial charge in [-0.2, -0.15) is 4.98 Å². The van der Waals surface area contributed by atoms with Crippen LogP contribution in [0.15, 0.2) is 53.1 Å². The summed E-state index contributed by atoms with van der Waals surface area (Å²) in [6.07, 6.45) is 1.28. The highest BCUT2D eigenvalue weighted by Crippen LogP contribution is 2.70. The van der Waals surface area contributed by atoms with Gasteiger partial charge in [0, 0.05) is 24.6 Å². The lowest BCUT2D eigenvalue weighted by molar-refractivity contribution is -0.274. The molecule has 1 heterocycles. The minimum absolute atomic E-state index is 0.0840. The van der Waals surface area contributed by atoms with Crippen molar-refractivity contribution in [2.75, 3.05) is 11.4 Å². The van der Waals surface area contributed by atoms with Gasteiger partial charge in [-0.15, -0.1) is 13.2 Å². The second-order valence-electron chi connectivity index (χ2n) is 11.2. The van der Waals surface area contributed by atoms with Crippen molar-refractivity contribution < 1.29 is 31.6 Å². The highest BCUT2D eigenvalue weighted by atomic mass is 19.4. The molecule has 3 aromatic rings. The van der Waals surface area contributed by atoms with Gasteiger partial charge in [0.05, 0.1) is 5.41 Å². The normalized spacial score (nSPS) is 23.6. The van der Waals surface area contributed by atoms with Crippen molar-refractivity contribution >= 4 is 11.6 Å². The number of hydrogen-bond acceptors (Lipinski definition) is 5. The Kier molecular flexibility index (Phi) is 6.38. The maximum absolute atomic E-state index is 14.3. The van der Waals surface area contributed by atoms with Crippen molar-refractivity contribution in [2.45, 2.75) is 75.7 Å². The smallest absolute Gasteiger partial charge is 0.406 e. The standard InChI is InChI=1S/C29H29F4N3O3/c30-28-16-27(17-28,18-28)26(37)36(13-3-1-2-10-24-34-25(35-39-24)19-11-12-19)22-8-4-6-20(14-22)21-7-5-9-23(15-21)38-29(31,32)33/h4-9,14-15,19H,1-3,10-13,16-18H2. The van der Waals surface area contributed by atoms with Crippen LogP contribution in [-0.2, 0) is 11.2 Å². The Morgan fingerprint density at radius 3 is 2.44 bits per heavy atom. The molecule has 0 N–H and O–H groups in total. The number of alkyl halides is 4. The molecule has 0 saturated heterocycles. The minimum Gasteiger partial charge on any atom is -0.406 e.